The van der Waals surface area contributed by atoms with E-state index in [1.165, 1.54) is 0 Å². The summed E-state index contributed by atoms with van der Waals surface area (Å²) in [5, 5.41) is 2.61. The molecule has 1 aliphatic carbocycles. The second-order valence-corrected chi connectivity index (χ2v) is 6.19. The van der Waals surface area contributed by atoms with Gasteiger partial charge in [0.25, 0.3) is 5.91 Å². The van der Waals surface area contributed by atoms with Gasteiger partial charge in [0.1, 0.15) is 0 Å². The molecule has 0 atom stereocenters. The standard InChI is InChI=1S/C20H22N2O2/c1-21-20(24)17-9-7-16(8-10-17)14-22(18-11-12-18)19(23)13-15-5-3-2-4-6-15/h2-10,18H,11-14H2,1H3,(H,21,24). The molecular weight excluding hydrogens is 300 g/mol. The molecule has 1 fully saturated rings. The number of carbonyl (C=O) groups is 2. The second kappa shape index (κ2) is 7.30. The maximum atomic E-state index is 12.7. The molecule has 1 N–H and O–H groups in total. The highest BCUT2D eigenvalue weighted by Gasteiger charge is 2.32. The first-order valence-electron chi connectivity index (χ1n) is 8.32. The Hall–Kier alpha value is -2.62. The van der Waals surface area contributed by atoms with Gasteiger partial charge in [0, 0.05) is 25.2 Å². The van der Waals surface area contributed by atoms with Gasteiger partial charge in [-0.15, -0.1) is 0 Å². The number of rotatable bonds is 6. The predicted octanol–water partition coefficient (Wildman–Crippen LogP) is 2.78. The van der Waals surface area contributed by atoms with E-state index in [1.807, 2.05) is 47.4 Å². The first-order valence-corrected chi connectivity index (χ1v) is 8.32. The van der Waals surface area contributed by atoms with Gasteiger partial charge in [-0.3, -0.25) is 9.59 Å². The molecule has 4 nitrogen and oxygen atoms in total. The van der Waals surface area contributed by atoms with E-state index >= 15 is 0 Å². The first kappa shape index (κ1) is 16.2. The molecular formula is C20H22N2O2. The maximum Gasteiger partial charge on any atom is 0.251 e. The van der Waals surface area contributed by atoms with E-state index in [0.29, 0.717) is 24.6 Å². The van der Waals surface area contributed by atoms with Gasteiger partial charge in [0.2, 0.25) is 5.91 Å². The van der Waals surface area contributed by atoms with Gasteiger partial charge in [0.05, 0.1) is 6.42 Å². The summed E-state index contributed by atoms with van der Waals surface area (Å²) in [6, 6.07) is 17.7. The van der Waals surface area contributed by atoms with E-state index in [0.717, 1.165) is 24.0 Å². The smallest absolute Gasteiger partial charge is 0.251 e. The monoisotopic (exact) mass is 322 g/mol. The minimum atomic E-state index is -0.0965. The molecule has 1 saturated carbocycles. The third kappa shape index (κ3) is 4.02. The summed E-state index contributed by atoms with van der Waals surface area (Å²) < 4.78 is 0. The molecule has 0 heterocycles. The quantitative estimate of drug-likeness (QED) is 0.889. The van der Waals surface area contributed by atoms with Crippen LogP contribution in [0.5, 0.6) is 0 Å². The van der Waals surface area contributed by atoms with Crippen LogP contribution in [0.4, 0.5) is 0 Å². The van der Waals surface area contributed by atoms with E-state index in [9.17, 15) is 9.59 Å². The van der Waals surface area contributed by atoms with Crippen LogP contribution in [0.15, 0.2) is 54.6 Å². The molecule has 2 aromatic carbocycles. The molecule has 2 aromatic rings. The van der Waals surface area contributed by atoms with Crippen molar-refractivity contribution in [3.63, 3.8) is 0 Å². The highest BCUT2D eigenvalue weighted by atomic mass is 16.2. The SMILES string of the molecule is CNC(=O)c1ccc(CN(C(=O)Cc2ccccc2)C2CC2)cc1. The summed E-state index contributed by atoms with van der Waals surface area (Å²) in [7, 11) is 1.62. The van der Waals surface area contributed by atoms with E-state index in [2.05, 4.69) is 5.32 Å². The van der Waals surface area contributed by atoms with Gasteiger partial charge in [-0.1, -0.05) is 42.5 Å². The number of carbonyl (C=O) groups excluding carboxylic acids is 2. The number of hydrogen-bond acceptors (Lipinski definition) is 2. The first-order chi connectivity index (χ1) is 11.7. The van der Waals surface area contributed by atoms with Gasteiger partial charge in [-0.05, 0) is 36.1 Å². The zero-order chi connectivity index (χ0) is 16.9. The highest BCUT2D eigenvalue weighted by Crippen LogP contribution is 2.29. The lowest BCUT2D eigenvalue weighted by molar-refractivity contribution is -0.131. The van der Waals surface area contributed by atoms with Crippen LogP contribution in [0.2, 0.25) is 0 Å². The molecule has 3 rings (SSSR count). The van der Waals surface area contributed by atoms with Crippen LogP contribution < -0.4 is 5.32 Å². The molecule has 124 valence electrons. The molecule has 24 heavy (non-hydrogen) atoms. The van der Waals surface area contributed by atoms with Crippen molar-refractivity contribution < 1.29 is 9.59 Å². The average Bonchev–Trinajstić information content (AvgIpc) is 3.45. The zero-order valence-electron chi connectivity index (χ0n) is 13.9. The number of benzene rings is 2. The van der Waals surface area contributed by atoms with E-state index in [-0.39, 0.29) is 11.8 Å². The summed E-state index contributed by atoms with van der Waals surface area (Å²) in [5.41, 5.74) is 2.73. The van der Waals surface area contributed by atoms with Crippen molar-refractivity contribution in [2.24, 2.45) is 0 Å². The lowest BCUT2D eigenvalue weighted by Gasteiger charge is -2.23. The van der Waals surface area contributed by atoms with Crippen molar-refractivity contribution in [2.45, 2.75) is 31.8 Å². The van der Waals surface area contributed by atoms with Crippen LogP contribution in [0.1, 0.15) is 34.3 Å². The average molecular weight is 322 g/mol. The zero-order valence-corrected chi connectivity index (χ0v) is 13.9. The lowest BCUT2D eigenvalue weighted by Crippen LogP contribution is -2.33. The van der Waals surface area contributed by atoms with Crippen LogP contribution >= 0.6 is 0 Å². The fourth-order valence-electron chi connectivity index (χ4n) is 2.78. The molecule has 1 aliphatic rings. The molecule has 0 saturated heterocycles. The Labute approximate surface area is 142 Å². The van der Waals surface area contributed by atoms with Gasteiger partial charge in [-0.2, -0.15) is 0 Å². The van der Waals surface area contributed by atoms with Crippen LogP contribution in [-0.4, -0.2) is 29.8 Å². The van der Waals surface area contributed by atoms with Gasteiger partial charge < -0.3 is 10.2 Å². The highest BCUT2D eigenvalue weighted by molar-refractivity contribution is 5.93. The Bertz CT molecular complexity index is 706. The normalized spacial score (nSPS) is 13.4. The van der Waals surface area contributed by atoms with Crippen molar-refractivity contribution in [3.05, 3.63) is 71.3 Å². The molecule has 0 aromatic heterocycles. The molecule has 0 unspecified atom stereocenters. The Kier molecular flexibility index (Phi) is 4.94. The van der Waals surface area contributed by atoms with E-state index < -0.39 is 0 Å². The number of amides is 2. The lowest BCUT2D eigenvalue weighted by atomic mass is 10.1. The fourth-order valence-corrected chi connectivity index (χ4v) is 2.78. The number of nitrogens with zero attached hydrogens (tertiary/aromatic N) is 1. The van der Waals surface area contributed by atoms with Crippen molar-refractivity contribution >= 4 is 11.8 Å². The van der Waals surface area contributed by atoms with E-state index in [4.69, 9.17) is 0 Å². The third-order valence-corrected chi connectivity index (χ3v) is 4.30. The van der Waals surface area contributed by atoms with E-state index in [1.54, 1.807) is 19.2 Å². The summed E-state index contributed by atoms with van der Waals surface area (Å²) in [6.07, 6.45) is 2.60. The van der Waals surface area contributed by atoms with Gasteiger partial charge in [0.15, 0.2) is 0 Å². The number of nitrogens with one attached hydrogen (secondary N) is 1. The Morgan fingerprint density at radius 1 is 1.00 bits per heavy atom. The minimum absolute atomic E-state index is 0.0965. The molecule has 0 spiro atoms. The van der Waals surface area contributed by atoms with Crippen molar-refractivity contribution in [1.29, 1.82) is 0 Å². The topological polar surface area (TPSA) is 49.4 Å². The van der Waals surface area contributed by atoms with Crippen molar-refractivity contribution in [3.8, 4) is 0 Å². The maximum absolute atomic E-state index is 12.7. The molecule has 0 radical (unpaired) electrons. The van der Waals surface area contributed by atoms with Gasteiger partial charge >= 0.3 is 0 Å². The predicted molar refractivity (Wildman–Crippen MR) is 93.6 cm³/mol. The fraction of sp³-hybridized carbons (Fsp3) is 0.300. The summed E-state index contributed by atoms with van der Waals surface area (Å²) in [5.74, 6) is 0.0693. The third-order valence-electron chi connectivity index (χ3n) is 4.30. The Morgan fingerprint density at radius 3 is 2.25 bits per heavy atom. The van der Waals surface area contributed by atoms with Gasteiger partial charge in [-0.25, -0.2) is 0 Å². The molecule has 0 bridgehead atoms. The van der Waals surface area contributed by atoms with Crippen molar-refractivity contribution in [2.75, 3.05) is 7.05 Å². The van der Waals surface area contributed by atoms with Crippen LogP contribution in [0.3, 0.4) is 0 Å². The van der Waals surface area contributed by atoms with Crippen molar-refractivity contribution in [1.82, 2.24) is 10.2 Å². The van der Waals surface area contributed by atoms with Crippen LogP contribution in [0.25, 0.3) is 0 Å². The molecule has 0 aliphatic heterocycles. The molecule has 2 amide bonds. The minimum Gasteiger partial charge on any atom is -0.355 e. The van der Waals surface area contributed by atoms with Crippen LogP contribution in [0, 0.1) is 0 Å². The largest absolute Gasteiger partial charge is 0.355 e. The number of hydrogen-bond donors (Lipinski definition) is 1. The summed E-state index contributed by atoms with van der Waals surface area (Å²) in [4.78, 5) is 26.3. The second-order valence-electron chi connectivity index (χ2n) is 6.19. The molecule has 4 heteroatoms. The Balaban J connectivity index is 1.68. The van der Waals surface area contributed by atoms with Crippen LogP contribution in [-0.2, 0) is 17.8 Å². The Morgan fingerprint density at radius 2 is 1.67 bits per heavy atom. The summed E-state index contributed by atoms with van der Waals surface area (Å²) in [6.45, 7) is 0.602. The summed E-state index contributed by atoms with van der Waals surface area (Å²) >= 11 is 0.